The number of sulfonamides is 1. The first kappa shape index (κ1) is 13.5. The van der Waals surface area contributed by atoms with Gasteiger partial charge in [0, 0.05) is 5.39 Å². The van der Waals surface area contributed by atoms with Gasteiger partial charge in [0.1, 0.15) is 17.5 Å². The van der Waals surface area contributed by atoms with Crippen molar-refractivity contribution in [1.29, 1.82) is 0 Å². The van der Waals surface area contributed by atoms with Crippen molar-refractivity contribution in [3.8, 4) is 0 Å². The van der Waals surface area contributed by atoms with Crippen molar-refractivity contribution >= 4 is 27.0 Å². The Morgan fingerprint density at radius 3 is 2.84 bits per heavy atom. The maximum atomic E-state index is 11.8. The number of nitrogens with zero attached hydrogens (tertiary/aromatic N) is 1. The van der Waals surface area contributed by atoms with Crippen LogP contribution < -0.4 is 4.72 Å². The lowest BCUT2D eigenvalue weighted by atomic mass is 10.2. The molecule has 0 fully saturated rings. The number of para-hydroxylation sites is 1. The summed E-state index contributed by atoms with van der Waals surface area (Å²) in [6.45, 7) is 1.25. The number of hydrogen-bond acceptors (Lipinski definition) is 5. The number of rotatable bonds is 5. The van der Waals surface area contributed by atoms with Gasteiger partial charge in [-0.05, 0) is 19.1 Å². The highest BCUT2D eigenvalue weighted by molar-refractivity contribution is 7.88. The summed E-state index contributed by atoms with van der Waals surface area (Å²) in [6, 6.07) is 5.66. The molecule has 0 amide bonds. The molecule has 0 aliphatic heterocycles. The molecule has 2 N–H and O–H groups in total. The monoisotopic (exact) mass is 284 g/mol. The predicted octanol–water partition coefficient (Wildman–Crippen LogP) is 0.720. The molecule has 2 aromatic rings. The number of fused-ring (bicyclic) bond motifs is 1. The van der Waals surface area contributed by atoms with Crippen molar-refractivity contribution < 1.29 is 22.8 Å². The Morgan fingerprint density at radius 1 is 1.47 bits per heavy atom. The molecule has 19 heavy (non-hydrogen) atoms. The van der Waals surface area contributed by atoms with Crippen molar-refractivity contribution in [1.82, 2.24) is 9.88 Å². The van der Waals surface area contributed by atoms with E-state index < -0.39 is 27.8 Å². The average molecular weight is 284 g/mol. The SMILES string of the molecule is C[C@H](NS(=O)(=O)Cc1noc2ccccc12)C(=O)O. The molecule has 0 radical (unpaired) electrons. The number of carboxylic acid groups (broad SMARTS) is 1. The van der Waals surface area contributed by atoms with Crippen LogP contribution in [0, 0.1) is 0 Å². The van der Waals surface area contributed by atoms with Crippen LogP contribution in [-0.4, -0.2) is 30.7 Å². The van der Waals surface area contributed by atoms with E-state index in [-0.39, 0.29) is 5.69 Å². The first-order valence-electron chi connectivity index (χ1n) is 5.45. The number of benzene rings is 1. The van der Waals surface area contributed by atoms with Crippen molar-refractivity contribution in [2.75, 3.05) is 0 Å². The fourth-order valence-corrected chi connectivity index (χ4v) is 2.87. The minimum Gasteiger partial charge on any atom is -0.480 e. The minimum absolute atomic E-state index is 0.251. The molecule has 0 bridgehead atoms. The van der Waals surface area contributed by atoms with Gasteiger partial charge in [-0.1, -0.05) is 17.3 Å². The summed E-state index contributed by atoms with van der Waals surface area (Å²) in [5, 5.41) is 13.0. The van der Waals surface area contributed by atoms with E-state index in [4.69, 9.17) is 9.63 Å². The highest BCUT2D eigenvalue weighted by Crippen LogP contribution is 2.19. The zero-order valence-electron chi connectivity index (χ0n) is 10.0. The van der Waals surface area contributed by atoms with E-state index in [1.165, 1.54) is 6.92 Å². The molecule has 1 aromatic heterocycles. The van der Waals surface area contributed by atoms with Gasteiger partial charge in [0.2, 0.25) is 10.0 Å². The van der Waals surface area contributed by atoms with Gasteiger partial charge in [-0.15, -0.1) is 0 Å². The molecule has 1 heterocycles. The van der Waals surface area contributed by atoms with Gasteiger partial charge in [0.05, 0.1) is 0 Å². The van der Waals surface area contributed by atoms with Crippen LogP contribution in [0.3, 0.4) is 0 Å². The van der Waals surface area contributed by atoms with Crippen LogP contribution in [0.4, 0.5) is 0 Å². The van der Waals surface area contributed by atoms with Crippen LogP contribution in [0.1, 0.15) is 12.6 Å². The van der Waals surface area contributed by atoms with Crippen LogP contribution in [0.15, 0.2) is 28.8 Å². The van der Waals surface area contributed by atoms with E-state index in [1.807, 2.05) is 4.72 Å². The van der Waals surface area contributed by atoms with Crippen LogP contribution in [0.5, 0.6) is 0 Å². The standard InChI is InChI=1S/C11H12N2O5S/c1-7(11(14)15)13-19(16,17)6-9-8-4-2-3-5-10(8)18-12-9/h2-5,7,13H,6H2,1H3,(H,14,15)/t7-/m0/s1. The first-order valence-corrected chi connectivity index (χ1v) is 7.10. The molecule has 0 spiro atoms. The van der Waals surface area contributed by atoms with Gasteiger partial charge < -0.3 is 9.63 Å². The van der Waals surface area contributed by atoms with Gasteiger partial charge in [-0.25, -0.2) is 13.1 Å². The Kier molecular flexibility index (Phi) is 3.54. The molecular formula is C11H12N2O5S. The summed E-state index contributed by atoms with van der Waals surface area (Å²) >= 11 is 0. The zero-order valence-corrected chi connectivity index (χ0v) is 10.8. The van der Waals surface area contributed by atoms with Crippen LogP contribution in [-0.2, 0) is 20.6 Å². The lowest BCUT2D eigenvalue weighted by Gasteiger charge is -2.08. The fourth-order valence-electron chi connectivity index (χ4n) is 1.58. The zero-order chi connectivity index (χ0) is 14.0. The van der Waals surface area contributed by atoms with E-state index in [2.05, 4.69) is 5.16 Å². The highest BCUT2D eigenvalue weighted by Gasteiger charge is 2.22. The maximum absolute atomic E-state index is 11.8. The molecule has 0 saturated heterocycles. The van der Waals surface area contributed by atoms with Gasteiger partial charge in [-0.2, -0.15) is 0 Å². The maximum Gasteiger partial charge on any atom is 0.321 e. The molecular weight excluding hydrogens is 272 g/mol. The number of carboxylic acids is 1. The van der Waals surface area contributed by atoms with Gasteiger partial charge >= 0.3 is 5.97 Å². The van der Waals surface area contributed by atoms with Crippen LogP contribution in [0.2, 0.25) is 0 Å². The summed E-state index contributed by atoms with van der Waals surface area (Å²) in [5.41, 5.74) is 0.736. The Hall–Kier alpha value is -1.93. The smallest absolute Gasteiger partial charge is 0.321 e. The summed E-state index contributed by atoms with van der Waals surface area (Å²) in [7, 11) is -3.79. The molecule has 2 rings (SSSR count). The number of aromatic nitrogens is 1. The molecule has 102 valence electrons. The highest BCUT2D eigenvalue weighted by atomic mass is 32.2. The van der Waals surface area contributed by atoms with Gasteiger partial charge in [0.25, 0.3) is 0 Å². The summed E-state index contributed by atoms with van der Waals surface area (Å²) < 4.78 is 30.6. The lowest BCUT2D eigenvalue weighted by molar-refractivity contribution is -0.138. The van der Waals surface area contributed by atoms with Gasteiger partial charge in [-0.3, -0.25) is 4.79 Å². The fraction of sp³-hybridized carbons (Fsp3) is 0.273. The molecule has 7 nitrogen and oxygen atoms in total. The second kappa shape index (κ2) is 4.98. The van der Waals surface area contributed by atoms with Crippen molar-refractivity contribution in [2.45, 2.75) is 18.7 Å². The number of carbonyl (C=O) groups is 1. The Morgan fingerprint density at radius 2 is 2.16 bits per heavy atom. The molecule has 1 atom stereocenters. The summed E-state index contributed by atoms with van der Waals surface area (Å²) in [4.78, 5) is 10.6. The molecule has 8 heteroatoms. The molecule has 0 aliphatic rings. The van der Waals surface area contributed by atoms with Crippen molar-refractivity contribution in [3.63, 3.8) is 0 Å². The second-order valence-electron chi connectivity index (χ2n) is 4.06. The Bertz CT molecular complexity index is 707. The van der Waals surface area contributed by atoms with E-state index in [9.17, 15) is 13.2 Å². The lowest BCUT2D eigenvalue weighted by Crippen LogP contribution is -2.38. The topological polar surface area (TPSA) is 110 Å². The second-order valence-corrected chi connectivity index (χ2v) is 5.82. The van der Waals surface area contributed by atoms with Gasteiger partial charge in [0.15, 0.2) is 5.58 Å². The number of hydrogen-bond donors (Lipinski definition) is 2. The van der Waals surface area contributed by atoms with E-state index in [1.54, 1.807) is 24.3 Å². The molecule has 0 saturated carbocycles. The average Bonchev–Trinajstić information content (AvgIpc) is 2.71. The van der Waals surface area contributed by atoms with Crippen LogP contribution in [0.25, 0.3) is 11.0 Å². The normalized spacial score (nSPS) is 13.5. The number of nitrogens with one attached hydrogen (secondary N) is 1. The summed E-state index contributed by atoms with van der Waals surface area (Å²) in [6.07, 6.45) is 0. The quantitative estimate of drug-likeness (QED) is 0.837. The van der Waals surface area contributed by atoms with Crippen LogP contribution >= 0.6 is 0 Å². The van der Waals surface area contributed by atoms with E-state index in [0.29, 0.717) is 11.0 Å². The number of aliphatic carboxylic acids is 1. The van der Waals surface area contributed by atoms with Crippen molar-refractivity contribution in [2.24, 2.45) is 0 Å². The van der Waals surface area contributed by atoms with E-state index in [0.717, 1.165) is 0 Å². The summed E-state index contributed by atoms with van der Waals surface area (Å²) in [5.74, 6) is -1.67. The predicted molar refractivity (Wildman–Crippen MR) is 66.9 cm³/mol. The third-order valence-corrected chi connectivity index (χ3v) is 3.87. The third-order valence-electron chi connectivity index (χ3n) is 2.51. The molecule has 0 aliphatic carbocycles. The minimum atomic E-state index is -3.79. The first-order chi connectivity index (χ1) is 8.89. The Balaban J connectivity index is 2.23. The largest absolute Gasteiger partial charge is 0.480 e. The Labute approximate surface area is 109 Å². The van der Waals surface area contributed by atoms with E-state index >= 15 is 0 Å². The molecule has 1 aromatic carbocycles. The third kappa shape index (κ3) is 3.09. The molecule has 0 unspecified atom stereocenters. The van der Waals surface area contributed by atoms with Crippen molar-refractivity contribution in [3.05, 3.63) is 30.0 Å².